The van der Waals surface area contributed by atoms with E-state index in [-0.39, 0.29) is 0 Å². The highest BCUT2D eigenvalue weighted by atomic mass is 79.9. The molecule has 0 atom stereocenters. The molecule has 1 heterocycles. The van der Waals surface area contributed by atoms with Crippen molar-refractivity contribution in [3.63, 3.8) is 0 Å². The molecule has 1 aromatic carbocycles. The number of halogens is 1. The van der Waals surface area contributed by atoms with E-state index < -0.39 is 0 Å². The van der Waals surface area contributed by atoms with Crippen LogP contribution in [-0.2, 0) is 0 Å². The Morgan fingerprint density at radius 1 is 1.29 bits per heavy atom. The molecule has 0 spiro atoms. The van der Waals surface area contributed by atoms with Gasteiger partial charge in [0.1, 0.15) is 10.8 Å². The van der Waals surface area contributed by atoms with Crippen LogP contribution in [-0.4, -0.2) is 10.2 Å². The van der Waals surface area contributed by atoms with Crippen molar-refractivity contribution in [3.8, 4) is 10.9 Å². The summed E-state index contributed by atoms with van der Waals surface area (Å²) in [4.78, 5) is 0. The highest BCUT2D eigenvalue weighted by Crippen LogP contribution is 2.30. The molecule has 0 saturated heterocycles. The average molecular weight is 271 g/mol. The first kappa shape index (κ1) is 9.61. The number of aromatic nitrogens is 2. The predicted octanol–water partition coefficient (Wildman–Crippen LogP) is 3.40. The Kier molecular flexibility index (Phi) is 2.79. The molecule has 0 aliphatic rings. The maximum atomic E-state index is 5.53. The van der Waals surface area contributed by atoms with Crippen molar-refractivity contribution in [2.45, 2.75) is 6.92 Å². The lowest BCUT2D eigenvalue weighted by atomic mass is 10.3. The molecule has 3 nitrogen and oxygen atoms in total. The van der Waals surface area contributed by atoms with Crippen LogP contribution in [0.4, 0.5) is 0 Å². The van der Waals surface area contributed by atoms with Gasteiger partial charge in [-0.2, -0.15) is 0 Å². The van der Waals surface area contributed by atoms with Gasteiger partial charge in [-0.1, -0.05) is 28.6 Å². The van der Waals surface area contributed by atoms with E-state index >= 15 is 0 Å². The normalized spacial score (nSPS) is 10.1. The smallest absolute Gasteiger partial charge is 0.299 e. The van der Waals surface area contributed by atoms with E-state index in [9.17, 15) is 0 Å². The summed E-state index contributed by atoms with van der Waals surface area (Å²) in [6.45, 7) is 1.89. The summed E-state index contributed by atoms with van der Waals surface area (Å²) in [5.74, 6) is 0.753. The zero-order valence-electron chi connectivity index (χ0n) is 7.40. The first-order chi connectivity index (χ1) is 6.75. The van der Waals surface area contributed by atoms with Gasteiger partial charge in [-0.05, 0) is 35.0 Å². The number of benzene rings is 1. The highest BCUT2D eigenvalue weighted by molar-refractivity contribution is 9.10. The summed E-state index contributed by atoms with van der Waals surface area (Å²) < 4.78 is 6.44. The molecule has 0 radical (unpaired) electrons. The molecule has 0 aliphatic carbocycles. The minimum atomic E-state index is 0.564. The van der Waals surface area contributed by atoms with Gasteiger partial charge in [0.15, 0.2) is 0 Å². The molecular weight excluding hydrogens is 264 g/mol. The lowest BCUT2D eigenvalue weighted by Gasteiger charge is -2.01. The standard InChI is InChI=1S/C9H7BrN2OS/c1-6-11-12-9(14-6)13-8-5-3-2-4-7(8)10/h2-5H,1H3. The lowest BCUT2D eigenvalue weighted by molar-refractivity contribution is 0.470. The Balaban J connectivity index is 2.23. The molecule has 0 amide bonds. The van der Waals surface area contributed by atoms with Gasteiger partial charge in [0.2, 0.25) is 0 Å². The van der Waals surface area contributed by atoms with Crippen LogP contribution in [0.5, 0.6) is 10.9 Å². The number of rotatable bonds is 2. The third kappa shape index (κ3) is 2.10. The van der Waals surface area contributed by atoms with Crippen molar-refractivity contribution in [1.82, 2.24) is 10.2 Å². The fourth-order valence-corrected chi connectivity index (χ4v) is 1.85. The van der Waals surface area contributed by atoms with Crippen molar-refractivity contribution in [2.24, 2.45) is 0 Å². The quantitative estimate of drug-likeness (QED) is 0.839. The number of hydrogen-bond acceptors (Lipinski definition) is 4. The first-order valence-corrected chi connectivity index (χ1v) is 5.59. The molecule has 0 saturated carbocycles. The van der Waals surface area contributed by atoms with E-state index in [1.165, 1.54) is 11.3 Å². The van der Waals surface area contributed by atoms with Gasteiger partial charge in [0, 0.05) is 0 Å². The zero-order valence-corrected chi connectivity index (χ0v) is 9.80. The molecular formula is C9H7BrN2OS. The van der Waals surface area contributed by atoms with E-state index in [0.717, 1.165) is 15.2 Å². The zero-order chi connectivity index (χ0) is 9.97. The third-order valence-electron chi connectivity index (χ3n) is 1.54. The van der Waals surface area contributed by atoms with E-state index in [1.807, 2.05) is 31.2 Å². The molecule has 0 unspecified atom stereocenters. The van der Waals surface area contributed by atoms with Gasteiger partial charge >= 0.3 is 0 Å². The summed E-state index contributed by atoms with van der Waals surface area (Å²) in [6, 6.07) is 7.64. The summed E-state index contributed by atoms with van der Waals surface area (Å²) in [5.41, 5.74) is 0. The van der Waals surface area contributed by atoms with Crippen molar-refractivity contribution in [2.75, 3.05) is 0 Å². The molecule has 0 N–H and O–H groups in total. The summed E-state index contributed by atoms with van der Waals surface area (Å²) >= 11 is 4.82. The number of nitrogens with zero attached hydrogens (tertiary/aromatic N) is 2. The summed E-state index contributed by atoms with van der Waals surface area (Å²) in [5, 5.41) is 9.21. The van der Waals surface area contributed by atoms with Crippen LogP contribution in [0.15, 0.2) is 28.7 Å². The van der Waals surface area contributed by atoms with Crippen LogP contribution in [0.1, 0.15) is 5.01 Å². The van der Waals surface area contributed by atoms with Crippen LogP contribution < -0.4 is 4.74 Å². The highest BCUT2D eigenvalue weighted by Gasteiger charge is 2.05. The Bertz CT molecular complexity index is 444. The average Bonchev–Trinajstić information content (AvgIpc) is 2.56. The van der Waals surface area contributed by atoms with Crippen LogP contribution in [0.25, 0.3) is 0 Å². The van der Waals surface area contributed by atoms with Crippen molar-refractivity contribution >= 4 is 27.3 Å². The van der Waals surface area contributed by atoms with Crippen LogP contribution in [0, 0.1) is 6.92 Å². The Morgan fingerprint density at radius 3 is 2.71 bits per heavy atom. The Hall–Kier alpha value is -0.940. The van der Waals surface area contributed by atoms with E-state index in [1.54, 1.807) is 0 Å². The molecule has 14 heavy (non-hydrogen) atoms. The lowest BCUT2D eigenvalue weighted by Crippen LogP contribution is -1.83. The van der Waals surface area contributed by atoms with Crippen LogP contribution >= 0.6 is 27.3 Å². The van der Waals surface area contributed by atoms with Gasteiger partial charge in [0.25, 0.3) is 5.19 Å². The summed E-state index contributed by atoms with van der Waals surface area (Å²) in [6.07, 6.45) is 0. The van der Waals surface area contributed by atoms with Crippen LogP contribution in [0.2, 0.25) is 0 Å². The van der Waals surface area contributed by atoms with E-state index in [4.69, 9.17) is 4.74 Å². The number of para-hydroxylation sites is 1. The second-order valence-electron chi connectivity index (χ2n) is 2.62. The molecule has 1 aromatic heterocycles. The molecule has 2 aromatic rings. The van der Waals surface area contributed by atoms with E-state index in [2.05, 4.69) is 26.1 Å². The molecule has 72 valence electrons. The number of ether oxygens (including phenoxy) is 1. The third-order valence-corrected chi connectivity index (χ3v) is 2.91. The Labute approximate surface area is 93.9 Å². The molecule has 0 aliphatic heterocycles. The molecule has 2 rings (SSSR count). The fraction of sp³-hybridized carbons (Fsp3) is 0.111. The van der Waals surface area contributed by atoms with Crippen molar-refractivity contribution in [1.29, 1.82) is 0 Å². The largest absolute Gasteiger partial charge is 0.429 e. The Morgan fingerprint density at radius 2 is 2.07 bits per heavy atom. The summed E-state index contributed by atoms with van der Waals surface area (Å²) in [7, 11) is 0. The SMILES string of the molecule is Cc1nnc(Oc2ccccc2Br)s1. The van der Waals surface area contributed by atoms with E-state index in [0.29, 0.717) is 5.19 Å². The van der Waals surface area contributed by atoms with Gasteiger partial charge in [0.05, 0.1) is 4.47 Å². The molecule has 5 heteroatoms. The minimum Gasteiger partial charge on any atom is -0.429 e. The van der Waals surface area contributed by atoms with Gasteiger partial charge in [-0.15, -0.1) is 5.10 Å². The molecule has 0 fully saturated rings. The van der Waals surface area contributed by atoms with Gasteiger partial charge < -0.3 is 4.74 Å². The van der Waals surface area contributed by atoms with Gasteiger partial charge in [-0.25, -0.2) is 0 Å². The second-order valence-corrected chi connectivity index (χ2v) is 4.62. The van der Waals surface area contributed by atoms with Gasteiger partial charge in [-0.3, -0.25) is 0 Å². The number of aryl methyl sites for hydroxylation is 1. The maximum Gasteiger partial charge on any atom is 0.299 e. The second kappa shape index (κ2) is 4.06. The first-order valence-electron chi connectivity index (χ1n) is 3.98. The van der Waals surface area contributed by atoms with Crippen LogP contribution in [0.3, 0.4) is 0 Å². The monoisotopic (exact) mass is 270 g/mol. The topological polar surface area (TPSA) is 35.0 Å². The predicted molar refractivity (Wildman–Crippen MR) is 58.9 cm³/mol. The number of hydrogen-bond donors (Lipinski definition) is 0. The maximum absolute atomic E-state index is 5.53. The van der Waals surface area contributed by atoms with Crippen molar-refractivity contribution < 1.29 is 4.74 Å². The molecule has 0 bridgehead atoms. The fourth-order valence-electron chi connectivity index (χ4n) is 0.941. The minimum absolute atomic E-state index is 0.564. The van der Waals surface area contributed by atoms with Crippen molar-refractivity contribution in [3.05, 3.63) is 33.7 Å².